The molecule has 0 aliphatic carbocycles. The molecule has 0 bridgehead atoms. The third-order valence-electron chi connectivity index (χ3n) is 3.64. The molecule has 1 atom stereocenters. The molecule has 2 rings (SSSR count). The molecule has 1 heterocycles. The Morgan fingerprint density at radius 3 is 2.57 bits per heavy atom. The highest BCUT2D eigenvalue weighted by Gasteiger charge is 2.13. The van der Waals surface area contributed by atoms with Gasteiger partial charge in [-0.1, -0.05) is 23.7 Å². The normalized spacial score (nSPS) is 12.4. The summed E-state index contributed by atoms with van der Waals surface area (Å²) >= 11 is 6.32. The van der Waals surface area contributed by atoms with Crippen LogP contribution in [-0.2, 0) is 13.1 Å². The monoisotopic (exact) mass is 307 g/mol. The van der Waals surface area contributed by atoms with E-state index in [9.17, 15) is 0 Å². The number of hydrogen-bond donors (Lipinski definition) is 1. The maximum Gasteiger partial charge on any atom is 0.118 e. The molecule has 0 spiro atoms. The van der Waals surface area contributed by atoms with Gasteiger partial charge in [-0.2, -0.15) is 5.10 Å². The molecule has 1 unspecified atom stereocenters. The fourth-order valence-electron chi connectivity index (χ4n) is 2.30. The van der Waals surface area contributed by atoms with Crippen molar-refractivity contribution in [2.45, 2.75) is 39.9 Å². The van der Waals surface area contributed by atoms with Gasteiger partial charge in [-0.05, 0) is 38.5 Å². The molecule has 1 N–H and O–H groups in total. The first-order valence-corrected chi connectivity index (χ1v) is 7.53. The largest absolute Gasteiger partial charge is 0.497 e. The van der Waals surface area contributed by atoms with Crippen molar-refractivity contribution in [3.63, 3.8) is 0 Å². The van der Waals surface area contributed by atoms with Gasteiger partial charge in [0.1, 0.15) is 5.75 Å². The molecular weight excluding hydrogens is 286 g/mol. The van der Waals surface area contributed by atoms with Crippen LogP contribution < -0.4 is 10.1 Å². The first kappa shape index (κ1) is 15.9. The molecule has 2 aromatic rings. The van der Waals surface area contributed by atoms with Crippen LogP contribution >= 0.6 is 11.6 Å². The molecule has 4 nitrogen and oxygen atoms in total. The van der Waals surface area contributed by atoms with Gasteiger partial charge >= 0.3 is 0 Å². The summed E-state index contributed by atoms with van der Waals surface area (Å²) in [5.41, 5.74) is 3.13. The van der Waals surface area contributed by atoms with Gasteiger partial charge in [0, 0.05) is 19.1 Å². The lowest BCUT2D eigenvalue weighted by atomic mass is 10.1. The van der Waals surface area contributed by atoms with E-state index in [1.807, 2.05) is 23.7 Å². The molecule has 1 aromatic heterocycles. The van der Waals surface area contributed by atoms with E-state index in [-0.39, 0.29) is 6.04 Å². The van der Waals surface area contributed by atoms with Gasteiger partial charge in [-0.15, -0.1) is 0 Å². The average Bonchev–Trinajstić information content (AvgIpc) is 2.79. The third-order valence-corrected chi connectivity index (χ3v) is 4.14. The van der Waals surface area contributed by atoms with Gasteiger partial charge in [0.2, 0.25) is 0 Å². The van der Waals surface area contributed by atoms with Gasteiger partial charge in [-0.3, -0.25) is 4.68 Å². The lowest BCUT2D eigenvalue weighted by molar-refractivity contribution is 0.414. The average molecular weight is 308 g/mol. The second-order valence-corrected chi connectivity index (χ2v) is 5.42. The molecule has 0 aliphatic heterocycles. The first-order chi connectivity index (χ1) is 10.1. The third kappa shape index (κ3) is 3.57. The molecule has 0 aliphatic rings. The molecule has 0 saturated heterocycles. The Labute approximate surface area is 131 Å². The van der Waals surface area contributed by atoms with Crippen molar-refractivity contribution in [2.75, 3.05) is 7.11 Å². The number of methoxy groups -OCH3 is 1. The van der Waals surface area contributed by atoms with E-state index in [4.69, 9.17) is 16.3 Å². The van der Waals surface area contributed by atoms with Crippen molar-refractivity contribution in [2.24, 2.45) is 0 Å². The number of aryl methyl sites for hydroxylation is 2. The van der Waals surface area contributed by atoms with Crippen molar-refractivity contribution < 1.29 is 4.74 Å². The smallest absolute Gasteiger partial charge is 0.118 e. The summed E-state index contributed by atoms with van der Waals surface area (Å²) in [4.78, 5) is 0. The fraction of sp³-hybridized carbons (Fsp3) is 0.438. The van der Waals surface area contributed by atoms with Crippen LogP contribution in [0.25, 0.3) is 0 Å². The quantitative estimate of drug-likeness (QED) is 0.884. The maximum atomic E-state index is 6.32. The second-order valence-electron chi connectivity index (χ2n) is 5.04. The van der Waals surface area contributed by atoms with Crippen LogP contribution in [0.3, 0.4) is 0 Å². The Morgan fingerprint density at radius 1 is 1.33 bits per heavy atom. The number of hydrogen-bond acceptors (Lipinski definition) is 3. The minimum absolute atomic E-state index is 0.229. The predicted molar refractivity (Wildman–Crippen MR) is 85.9 cm³/mol. The highest BCUT2D eigenvalue weighted by molar-refractivity contribution is 6.31. The number of ether oxygens (including phenoxy) is 1. The number of aromatic nitrogens is 2. The van der Waals surface area contributed by atoms with Crippen LogP contribution in [0.2, 0.25) is 5.02 Å². The highest BCUT2D eigenvalue weighted by atomic mass is 35.5. The van der Waals surface area contributed by atoms with E-state index in [1.54, 1.807) is 7.11 Å². The number of benzene rings is 1. The molecule has 21 heavy (non-hydrogen) atoms. The van der Waals surface area contributed by atoms with Crippen LogP contribution in [0.5, 0.6) is 5.75 Å². The highest BCUT2D eigenvalue weighted by Crippen LogP contribution is 2.22. The number of halogens is 1. The zero-order valence-corrected chi connectivity index (χ0v) is 13.7. The number of rotatable bonds is 6. The molecule has 5 heteroatoms. The molecule has 0 radical (unpaired) electrons. The number of nitrogens with zero attached hydrogens (tertiary/aromatic N) is 2. The van der Waals surface area contributed by atoms with Crippen LogP contribution in [0.15, 0.2) is 24.3 Å². The van der Waals surface area contributed by atoms with E-state index >= 15 is 0 Å². The molecular formula is C16H22ClN3O. The van der Waals surface area contributed by atoms with Crippen LogP contribution in [0, 0.1) is 6.92 Å². The lowest BCUT2D eigenvalue weighted by Gasteiger charge is -2.15. The van der Waals surface area contributed by atoms with Crippen LogP contribution in [-0.4, -0.2) is 16.9 Å². The van der Waals surface area contributed by atoms with E-state index in [1.165, 1.54) is 5.56 Å². The van der Waals surface area contributed by atoms with Gasteiger partial charge in [0.05, 0.1) is 23.5 Å². The van der Waals surface area contributed by atoms with Gasteiger partial charge in [-0.25, -0.2) is 0 Å². The molecule has 0 saturated carbocycles. The summed E-state index contributed by atoms with van der Waals surface area (Å²) in [6, 6.07) is 8.32. The second kappa shape index (κ2) is 6.96. The van der Waals surface area contributed by atoms with Gasteiger partial charge in [0.15, 0.2) is 0 Å². The van der Waals surface area contributed by atoms with Crippen LogP contribution in [0.4, 0.5) is 0 Å². The first-order valence-electron chi connectivity index (χ1n) is 7.16. The van der Waals surface area contributed by atoms with Crippen molar-refractivity contribution in [3.05, 3.63) is 46.2 Å². The Hall–Kier alpha value is -1.52. The summed E-state index contributed by atoms with van der Waals surface area (Å²) < 4.78 is 7.13. The van der Waals surface area contributed by atoms with E-state index < -0.39 is 0 Å². The van der Waals surface area contributed by atoms with E-state index in [2.05, 4.69) is 36.4 Å². The summed E-state index contributed by atoms with van der Waals surface area (Å²) in [5.74, 6) is 0.869. The summed E-state index contributed by atoms with van der Waals surface area (Å²) in [7, 11) is 1.67. The number of nitrogens with one attached hydrogen (secondary N) is 1. The van der Waals surface area contributed by atoms with Gasteiger partial charge in [0.25, 0.3) is 0 Å². The molecule has 1 aromatic carbocycles. The standard InChI is InChI=1S/C16H22ClN3O/c1-5-20-15(16(17)12(3)19-20)10-18-11(2)13-6-8-14(21-4)9-7-13/h6-9,11,18H,5,10H2,1-4H3. The Balaban J connectivity index is 2.05. The Bertz CT molecular complexity index is 592. The summed E-state index contributed by atoms with van der Waals surface area (Å²) in [6.45, 7) is 7.65. The molecule has 0 fully saturated rings. The molecule has 114 valence electrons. The molecule has 0 amide bonds. The van der Waals surface area contributed by atoms with Crippen molar-refractivity contribution >= 4 is 11.6 Å². The van der Waals surface area contributed by atoms with Crippen molar-refractivity contribution in [1.82, 2.24) is 15.1 Å². The fourth-order valence-corrected chi connectivity index (χ4v) is 2.50. The van der Waals surface area contributed by atoms with E-state index in [0.29, 0.717) is 6.54 Å². The Morgan fingerprint density at radius 2 is 2.00 bits per heavy atom. The van der Waals surface area contributed by atoms with Crippen LogP contribution in [0.1, 0.15) is 36.8 Å². The topological polar surface area (TPSA) is 39.1 Å². The minimum Gasteiger partial charge on any atom is -0.497 e. The SMILES string of the molecule is CCn1nc(C)c(Cl)c1CNC(C)c1ccc(OC)cc1. The zero-order valence-electron chi connectivity index (χ0n) is 13.0. The summed E-state index contributed by atoms with van der Waals surface area (Å²) in [6.07, 6.45) is 0. The minimum atomic E-state index is 0.229. The lowest BCUT2D eigenvalue weighted by Crippen LogP contribution is -2.20. The van der Waals surface area contributed by atoms with Crippen molar-refractivity contribution in [3.8, 4) is 5.75 Å². The van der Waals surface area contributed by atoms with Gasteiger partial charge < -0.3 is 10.1 Å². The Kier molecular flexibility index (Phi) is 5.26. The summed E-state index contributed by atoms with van der Waals surface area (Å²) in [5, 5.41) is 8.68. The van der Waals surface area contributed by atoms with Crippen molar-refractivity contribution in [1.29, 1.82) is 0 Å². The maximum absolute atomic E-state index is 6.32. The zero-order chi connectivity index (χ0) is 15.4. The predicted octanol–water partition coefficient (Wildman–Crippen LogP) is 3.72. The van der Waals surface area contributed by atoms with E-state index in [0.717, 1.165) is 28.7 Å².